The first-order valence-electron chi connectivity index (χ1n) is 5.97. The number of nitrogens with one attached hydrogen (secondary N) is 2. The molecular formula is C13H20N2O3S. The molecule has 106 valence electrons. The van der Waals surface area contributed by atoms with Crippen LogP contribution in [0.3, 0.4) is 0 Å². The Bertz CT molecular complexity index is 548. The number of benzene rings is 1. The second-order valence-electron chi connectivity index (χ2n) is 5.20. The van der Waals surface area contributed by atoms with E-state index < -0.39 is 15.6 Å². The van der Waals surface area contributed by atoms with Crippen LogP contribution in [0.25, 0.3) is 0 Å². The molecule has 1 rings (SSSR count). The van der Waals surface area contributed by atoms with Gasteiger partial charge in [-0.1, -0.05) is 17.7 Å². The maximum absolute atomic E-state index is 12.1. The molecule has 1 amide bonds. The van der Waals surface area contributed by atoms with Crippen molar-refractivity contribution in [3.8, 4) is 0 Å². The van der Waals surface area contributed by atoms with E-state index in [1.165, 1.54) is 6.92 Å². The Morgan fingerprint density at radius 3 is 2.21 bits per heavy atom. The molecule has 0 bridgehead atoms. The number of carbonyl (C=O) groups excluding carboxylic acids is 1. The second kappa shape index (κ2) is 5.71. The summed E-state index contributed by atoms with van der Waals surface area (Å²) in [7, 11) is -3.55. The lowest BCUT2D eigenvalue weighted by Crippen LogP contribution is -2.50. The molecule has 1 aromatic rings. The Balaban J connectivity index is 2.76. The fourth-order valence-corrected chi connectivity index (χ4v) is 2.81. The van der Waals surface area contributed by atoms with E-state index >= 15 is 0 Å². The summed E-state index contributed by atoms with van der Waals surface area (Å²) in [6.07, 6.45) is 0. The van der Waals surface area contributed by atoms with Gasteiger partial charge in [-0.25, -0.2) is 13.1 Å². The van der Waals surface area contributed by atoms with Crippen molar-refractivity contribution in [1.29, 1.82) is 0 Å². The van der Waals surface area contributed by atoms with Crippen LogP contribution in [0.1, 0.15) is 26.3 Å². The van der Waals surface area contributed by atoms with Crippen LogP contribution in [0.2, 0.25) is 0 Å². The molecule has 6 heteroatoms. The fraction of sp³-hybridized carbons (Fsp3) is 0.462. The lowest BCUT2D eigenvalue weighted by atomic mass is 10.1. The van der Waals surface area contributed by atoms with Crippen molar-refractivity contribution in [2.45, 2.75) is 38.1 Å². The Hall–Kier alpha value is -1.40. The molecule has 0 spiro atoms. The molecule has 0 radical (unpaired) electrons. The van der Waals surface area contributed by atoms with Crippen LogP contribution in [0, 0.1) is 6.92 Å². The fourth-order valence-electron chi connectivity index (χ4n) is 1.60. The predicted molar refractivity (Wildman–Crippen MR) is 74.3 cm³/mol. The third-order valence-corrected chi connectivity index (χ3v) is 3.97. The number of hydrogen-bond donors (Lipinski definition) is 2. The number of rotatable bonds is 5. The summed E-state index contributed by atoms with van der Waals surface area (Å²) in [5.41, 5.74) is 0.362. The number of carbonyl (C=O) groups is 1. The van der Waals surface area contributed by atoms with Gasteiger partial charge in [-0.15, -0.1) is 0 Å². The smallest absolute Gasteiger partial charge is 0.240 e. The Morgan fingerprint density at radius 1 is 1.21 bits per heavy atom. The van der Waals surface area contributed by atoms with Crippen LogP contribution in [0.4, 0.5) is 0 Å². The Labute approximate surface area is 114 Å². The third-order valence-electron chi connectivity index (χ3n) is 2.55. The number of hydrogen-bond acceptors (Lipinski definition) is 3. The van der Waals surface area contributed by atoms with Gasteiger partial charge in [-0.3, -0.25) is 4.79 Å². The van der Waals surface area contributed by atoms with Gasteiger partial charge in [0, 0.05) is 19.0 Å². The quantitative estimate of drug-likeness (QED) is 0.853. The van der Waals surface area contributed by atoms with E-state index in [9.17, 15) is 13.2 Å². The van der Waals surface area contributed by atoms with Gasteiger partial charge in [0.15, 0.2) is 0 Å². The van der Waals surface area contributed by atoms with Crippen LogP contribution in [-0.4, -0.2) is 26.4 Å². The molecule has 2 N–H and O–H groups in total. The minimum Gasteiger partial charge on any atom is -0.350 e. The highest BCUT2D eigenvalue weighted by Gasteiger charge is 2.22. The summed E-state index contributed by atoms with van der Waals surface area (Å²) < 4.78 is 26.6. The average molecular weight is 284 g/mol. The van der Waals surface area contributed by atoms with Gasteiger partial charge in [0.2, 0.25) is 15.9 Å². The molecule has 1 aromatic carbocycles. The molecule has 0 fully saturated rings. The highest BCUT2D eigenvalue weighted by molar-refractivity contribution is 7.89. The van der Waals surface area contributed by atoms with Crippen LogP contribution in [0.15, 0.2) is 29.2 Å². The van der Waals surface area contributed by atoms with Gasteiger partial charge < -0.3 is 5.32 Å². The molecular weight excluding hydrogens is 264 g/mol. The molecule has 0 aliphatic rings. The summed E-state index contributed by atoms with van der Waals surface area (Å²) in [5, 5.41) is 2.69. The van der Waals surface area contributed by atoms with E-state index in [0.29, 0.717) is 0 Å². The van der Waals surface area contributed by atoms with Gasteiger partial charge >= 0.3 is 0 Å². The Morgan fingerprint density at radius 2 is 1.74 bits per heavy atom. The van der Waals surface area contributed by atoms with Crippen molar-refractivity contribution in [2.24, 2.45) is 0 Å². The molecule has 0 saturated carbocycles. The van der Waals surface area contributed by atoms with E-state index in [2.05, 4.69) is 10.0 Å². The van der Waals surface area contributed by atoms with Crippen molar-refractivity contribution in [2.75, 3.05) is 6.54 Å². The molecule has 5 nitrogen and oxygen atoms in total. The zero-order valence-electron chi connectivity index (χ0n) is 11.6. The van der Waals surface area contributed by atoms with Gasteiger partial charge in [0.1, 0.15) is 0 Å². The zero-order valence-corrected chi connectivity index (χ0v) is 12.5. The molecule has 0 aliphatic heterocycles. The van der Waals surface area contributed by atoms with Crippen molar-refractivity contribution < 1.29 is 13.2 Å². The van der Waals surface area contributed by atoms with Gasteiger partial charge in [0.25, 0.3) is 0 Å². The standard InChI is InChI=1S/C13H20N2O3S/c1-10-5-7-12(8-6-10)19(17,18)14-9-13(3,4)15-11(2)16/h5-8,14H,9H2,1-4H3,(H,15,16). The summed E-state index contributed by atoms with van der Waals surface area (Å²) in [4.78, 5) is 11.2. The summed E-state index contributed by atoms with van der Waals surface area (Å²) in [6, 6.07) is 6.60. The van der Waals surface area contributed by atoms with E-state index in [0.717, 1.165) is 5.56 Å². The van der Waals surface area contributed by atoms with Crippen molar-refractivity contribution in [3.05, 3.63) is 29.8 Å². The highest BCUT2D eigenvalue weighted by atomic mass is 32.2. The minimum absolute atomic E-state index is 0.128. The summed E-state index contributed by atoms with van der Waals surface area (Å²) in [5.74, 6) is -0.195. The van der Waals surface area contributed by atoms with Crippen LogP contribution in [0.5, 0.6) is 0 Å². The molecule has 0 aliphatic carbocycles. The summed E-state index contributed by atoms with van der Waals surface area (Å²) in [6.45, 7) is 6.93. The molecule has 0 heterocycles. The van der Waals surface area contributed by atoms with E-state index in [1.54, 1.807) is 38.1 Å². The monoisotopic (exact) mass is 284 g/mol. The zero-order chi connectivity index (χ0) is 14.7. The first-order chi connectivity index (χ1) is 8.62. The van der Waals surface area contributed by atoms with Crippen LogP contribution in [-0.2, 0) is 14.8 Å². The van der Waals surface area contributed by atoms with Crippen LogP contribution < -0.4 is 10.0 Å². The van der Waals surface area contributed by atoms with E-state index in [4.69, 9.17) is 0 Å². The number of amides is 1. The second-order valence-corrected chi connectivity index (χ2v) is 6.97. The first kappa shape index (κ1) is 15.7. The average Bonchev–Trinajstić information content (AvgIpc) is 2.26. The third kappa shape index (κ3) is 5.00. The molecule has 0 saturated heterocycles. The minimum atomic E-state index is -3.55. The van der Waals surface area contributed by atoms with Gasteiger partial charge in [0.05, 0.1) is 4.90 Å². The predicted octanol–water partition coefficient (Wildman–Crippen LogP) is 1.19. The van der Waals surface area contributed by atoms with Crippen molar-refractivity contribution in [3.63, 3.8) is 0 Å². The Kier molecular flexibility index (Phi) is 4.70. The normalized spacial score (nSPS) is 12.2. The van der Waals surface area contributed by atoms with Crippen molar-refractivity contribution in [1.82, 2.24) is 10.0 Å². The van der Waals surface area contributed by atoms with E-state index in [1.807, 2.05) is 6.92 Å². The summed E-state index contributed by atoms with van der Waals surface area (Å²) >= 11 is 0. The van der Waals surface area contributed by atoms with Gasteiger partial charge in [-0.2, -0.15) is 0 Å². The first-order valence-corrected chi connectivity index (χ1v) is 7.46. The SMILES string of the molecule is CC(=O)NC(C)(C)CNS(=O)(=O)c1ccc(C)cc1. The van der Waals surface area contributed by atoms with E-state index in [-0.39, 0.29) is 17.3 Å². The molecule has 19 heavy (non-hydrogen) atoms. The topological polar surface area (TPSA) is 75.3 Å². The maximum atomic E-state index is 12.1. The molecule has 0 aromatic heterocycles. The lowest BCUT2D eigenvalue weighted by molar-refractivity contribution is -0.120. The maximum Gasteiger partial charge on any atom is 0.240 e. The van der Waals surface area contributed by atoms with Gasteiger partial charge in [-0.05, 0) is 32.9 Å². The van der Waals surface area contributed by atoms with Crippen LogP contribution >= 0.6 is 0 Å². The molecule has 0 atom stereocenters. The molecule has 0 unspecified atom stereocenters. The largest absolute Gasteiger partial charge is 0.350 e. The number of aryl methyl sites for hydroxylation is 1. The van der Waals surface area contributed by atoms with Crippen molar-refractivity contribution >= 4 is 15.9 Å². The highest BCUT2D eigenvalue weighted by Crippen LogP contribution is 2.11. The lowest BCUT2D eigenvalue weighted by Gasteiger charge is -2.25. The number of sulfonamides is 1.